The Morgan fingerprint density at radius 1 is 1.45 bits per heavy atom. The van der Waals surface area contributed by atoms with E-state index in [1.165, 1.54) is 18.2 Å². The van der Waals surface area contributed by atoms with Crippen LogP contribution in [0.4, 0.5) is 4.39 Å². The zero-order valence-electron chi connectivity index (χ0n) is 11.7. The molecule has 1 saturated carbocycles. The molecular formula is C16H20ClFO2. The summed E-state index contributed by atoms with van der Waals surface area (Å²) in [5.41, 5.74) is -0.188. The first kappa shape index (κ1) is 15.3. The molecule has 0 amide bonds. The van der Waals surface area contributed by atoms with Gasteiger partial charge in [0.05, 0.1) is 5.41 Å². The van der Waals surface area contributed by atoms with E-state index in [1.807, 2.05) is 0 Å². The highest BCUT2D eigenvalue weighted by atomic mass is 35.5. The minimum atomic E-state index is -0.789. The van der Waals surface area contributed by atoms with Crippen molar-refractivity contribution in [2.75, 3.05) is 0 Å². The quantitative estimate of drug-likeness (QED) is 0.875. The SMILES string of the molecule is CCC1CCC(Cc2cc(F)ccc2Cl)(C(=O)O)CC1. The first-order valence-electron chi connectivity index (χ1n) is 7.14. The Morgan fingerprint density at radius 2 is 2.10 bits per heavy atom. The van der Waals surface area contributed by atoms with Crippen molar-refractivity contribution in [1.29, 1.82) is 0 Å². The third-order valence-electron chi connectivity index (χ3n) is 4.63. The molecule has 0 spiro atoms. The first-order valence-corrected chi connectivity index (χ1v) is 7.52. The van der Waals surface area contributed by atoms with Crippen molar-refractivity contribution in [1.82, 2.24) is 0 Å². The minimum absolute atomic E-state index is 0.315. The number of carbonyl (C=O) groups is 1. The van der Waals surface area contributed by atoms with Crippen LogP contribution in [0, 0.1) is 17.2 Å². The van der Waals surface area contributed by atoms with Gasteiger partial charge in [0, 0.05) is 5.02 Å². The lowest BCUT2D eigenvalue weighted by atomic mass is 9.67. The van der Waals surface area contributed by atoms with E-state index in [-0.39, 0.29) is 5.82 Å². The van der Waals surface area contributed by atoms with E-state index < -0.39 is 11.4 Å². The second-order valence-electron chi connectivity index (χ2n) is 5.85. The summed E-state index contributed by atoms with van der Waals surface area (Å²) in [5, 5.41) is 10.1. The van der Waals surface area contributed by atoms with Crippen LogP contribution in [0.25, 0.3) is 0 Å². The van der Waals surface area contributed by atoms with Crippen LogP contribution in [0.3, 0.4) is 0 Å². The van der Waals surface area contributed by atoms with Crippen LogP contribution in [0.1, 0.15) is 44.6 Å². The van der Waals surface area contributed by atoms with E-state index in [0.29, 0.717) is 35.8 Å². The van der Waals surface area contributed by atoms with Crippen molar-refractivity contribution < 1.29 is 14.3 Å². The number of benzene rings is 1. The van der Waals surface area contributed by atoms with Crippen LogP contribution in [-0.4, -0.2) is 11.1 Å². The van der Waals surface area contributed by atoms with Gasteiger partial charge in [-0.15, -0.1) is 0 Å². The summed E-state index contributed by atoms with van der Waals surface area (Å²) in [6.07, 6.45) is 4.55. The molecule has 0 unspecified atom stereocenters. The van der Waals surface area contributed by atoms with Gasteiger partial charge < -0.3 is 5.11 Å². The highest BCUT2D eigenvalue weighted by Crippen LogP contribution is 2.43. The molecule has 0 radical (unpaired) electrons. The molecular weight excluding hydrogens is 279 g/mol. The normalized spacial score (nSPS) is 26.4. The number of carboxylic acids is 1. The summed E-state index contributed by atoms with van der Waals surface area (Å²) in [6, 6.07) is 4.16. The molecule has 1 aliphatic rings. The Labute approximate surface area is 123 Å². The van der Waals surface area contributed by atoms with Crippen LogP contribution >= 0.6 is 11.6 Å². The number of hydrogen-bond acceptors (Lipinski definition) is 1. The highest BCUT2D eigenvalue weighted by Gasteiger charge is 2.42. The Hall–Kier alpha value is -1.09. The Kier molecular flexibility index (Phi) is 4.69. The maximum atomic E-state index is 13.3. The topological polar surface area (TPSA) is 37.3 Å². The van der Waals surface area contributed by atoms with Gasteiger partial charge in [0.15, 0.2) is 0 Å². The van der Waals surface area contributed by atoms with Crippen molar-refractivity contribution in [2.45, 2.75) is 45.4 Å². The maximum Gasteiger partial charge on any atom is 0.309 e. The average Bonchev–Trinajstić information content (AvgIpc) is 2.43. The van der Waals surface area contributed by atoms with Crippen LogP contribution in [-0.2, 0) is 11.2 Å². The lowest BCUT2D eigenvalue weighted by Crippen LogP contribution is -2.37. The number of hydrogen-bond donors (Lipinski definition) is 1. The fraction of sp³-hybridized carbons (Fsp3) is 0.562. The molecule has 0 heterocycles. The zero-order chi connectivity index (χ0) is 14.8. The van der Waals surface area contributed by atoms with Gasteiger partial charge in [-0.25, -0.2) is 4.39 Å². The Bertz CT molecular complexity index is 493. The van der Waals surface area contributed by atoms with E-state index in [1.54, 1.807) is 0 Å². The third-order valence-corrected chi connectivity index (χ3v) is 5.00. The van der Waals surface area contributed by atoms with Crippen molar-refractivity contribution in [3.63, 3.8) is 0 Å². The van der Waals surface area contributed by atoms with Gasteiger partial charge in [0.1, 0.15) is 5.82 Å². The predicted octanol–water partition coefficient (Wildman–Crippen LogP) is 4.69. The molecule has 0 saturated heterocycles. The van der Waals surface area contributed by atoms with Gasteiger partial charge in [0.25, 0.3) is 0 Å². The average molecular weight is 299 g/mol. The van der Waals surface area contributed by atoms with E-state index in [4.69, 9.17) is 11.6 Å². The van der Waals surface area contributed by atoms with E-state index in [2.05, 4.69) is 6.92 Å². The van der Waals surface area contributed by atoms with Crippen molar-refractivity contribution in [3.05, 3.63) is 34.6 Å². The monoisotopic (exact) mass is 298 g/mol. The summed E-state index contributed by atoms with van der Waals surface area (Å²) >= 11 is 6.08. The summed E-state index contributed by atoms with van der Waals surface area (Å²) in [5.74, 6) is -0.537. The summed E-state index contributed by atoms with van der Waals surface area (Å²) in [7, 11) is 0. The van der Waals surface area contributed by atoms with E-state index in [0.717, 1.165) is 19.3 Å². The number of carboxylic acid groups (broad SMARTS) is 1. The first-order chi connectivity index (χ1) is 9.47. The van der Waals surface area contributed by atoms with Crippen LogP contribution in [0.2, 0.25) is 5.02 Å². The van der Waals surface area contributed by atoms with Crippen LogP contribution in [0.15, 0.2) is 18.2 Å². The minimum Gasteiger partial charge on any atom is -0.481 e. The molecule has 1 aromatic rings. The molecule has 0 atom stereocenters. The zero-order valence-corrected chi connectivity index (χ0v) is 12.4. The standard InChI is InChI=1S/C16H20ClFO2/c1-2-11-5-7-16(8-6-11,15(19)20)10-12-9-13(18)3-4-14(12)17/h3-4,9,11H,2,5-8,10H2,1H3,(H,19,20). The molecule has 1 fully saturated rings. The molecule has 110 valence electrons. The number of halogens is 2. The third kappa shape index (κ3) is 3.14. The molecule has 2 nitrogen and oxygen atoms in total. The number of aliphatic carboxylic acids is 1. The van der Waals surface area contributed by atoms with Gasteiger partial charge in [0.2, 0.25) is 0 Å². The van der Waals surface area contributed by atoms with E-state index in [9.17, 15) is 14.3 Å². The molecule has 0 bridgehead atoms. The van der Waals surface area contributed by atoms with Crippen LogP contribution < -0.4 is 0 Å². The number of rotatable bonds is 4. The lowest BCUT2D eigenvalue weighted by molar-refractivity contribution is -0.151. The van der Waals surface area contributed by atoms with Crippen molar-refractivity contribution in [2.24, 2.45) is 11.3 Å². The molecule has 4 heteroatoms. The molecule has 20 heavy (non-hydrogen) atoms. The Morgan fingerprint density at radius 3 is 2.65 bits per heavy atom. The van der Waals surface area contributed by atoms with Gasteiger partial charge in [-0.05, 0) is 61.8 Å². The molecule has 0 aliphatic heterocycles. The van der Waals surface area contributed by atoms with Gasteiger partial charge in [-0.1, -0.05) is 24.9 Å². The van der Waals surface area contributed by atoms with Gasteiger partial charge in [-0.2, -0.15) is 0 Å². The lowest BCUT2D eigenvalue weighted by Gasteiger charge is -2.37. The fourth-order valence-corrected chi connectivity index (χ4v) is 3.33. The smallest absolute Gasteiger partial charge is 0.309 e. The molecule has 2 rings (SSSR count). The van der Waals surface area contributed by atoms with Crippen molar-refractivity contribution >= 4 is 17.6 Å². The van der Waals surface area contributed by atoms with Crippen LogP contribution in [0.5, 0.6) is 0 Å². The molecule has 1 N–H and O–H groups in total. The summed E-state index contributed by atoms with van der Waals surface area (Å²) in [6.45, 7) is 2.14. The molecule has 1 aliphatic carbocycles. The molecule has 1 aromatic carbocycles. The van der Waals surface area contributed by atoms with Gasteiger partial charge >= 0.3 is 5.97 Å². The second kappa shape index (κ2) is 6.13. The second-order valence-corrected chi connectivity index (χ2v) is 6.26. The largest absolute Gasteiger partial charge is 0.481 e. The molecule has 0 aromatic heterocycles. The van der Waals surface area contributed by atoms with E-state index >= 15 is 0 Å². The predicted molar refractivity (Wildman–Crippen MR) is 77.4 cm³/mol. The highest BCUT2D eigenvalue weighted by molar-refractivity contribution is 6.31. The summed E-state index contributed by atoms with van der Waals surface area (Å²) in [4.78, 5) is 11.7. The fourth-order valence-electron chi connectivity index (χ4n) is 3.15. The maximum absolute atomic E-state index is 13.3. The summed E-state index contributed by atoms with van der Waals surface area (Å²) < 4.78 is 13.3. The van der Waals surface area contributed by atoms with Gasteiger partial charge in [-0.3, -0.25) is 4.79 Å². The van der Waals surface area contributed by atoms with Crippen molar-refractivity contribution in [3.8, 4) is 0 Å². The Balaban J connectivity index is 2.22.